The number of fused-ring (bicyclic) bond motifs is 3. The van der Waals surface area contributed by atoms with Crippen LogP contribution in [0, 0.1) is 24.7 Å². The number of terminal acetylenes is 2. The number of benzene rings is 1. The van der Waals surface area contributed by atoms with E-state index >= 15 is 0 Å². The van der Waals surface area contributed by atoms with Gasteiger partial charge in [-0.2, -0.15) is 0 Å². The summed E-state index contributed by atoms with van der Waals surface area (Å²) in [6.45, 7) is 2.65. The van der Waals surface area contributed by atoms with Crippen LogP contribution in [0.5, 0.6) is 0 Å². The summed E-state index contributed by atoms with van der Waals surface area (Å²) in [5.74, 6) is 5.48. The second kappa shape index (κ2) is 4.50. The lowest BCUT2D eigenvalue weighted by Crippen LogP contribution is -2.06. The monoisotopic (exact) mass is 238 g/mol. The highest BCUT2D eigenvalue weighted by molar-refractivity contribution is 5.55. The fourth-order valence-electron chi connectivity index (χ4n) is 2.93. The van der Waals surface area contributed by atoms with E-state index < -0.39 is 0 Å². The summed E-state index contributed by atoms with van der Waals surface area (Å²) >= 11 is 0. The Morgan fingerprint density at radius 2 is 1.11 bits per heavy atom. The van der Waals surface area contributed by atoms with Crippen LogP contribution < -0.4 is 0 Å². The molecular weight excluding hydrogens is 224 g/mol. The second-order valence-corrected chi connectivity index (χ2v) is 4.62. The van der Waals surface area contributed by atoms with Crippen LogP contribution in [0.1, 0.15) is 33.4 Å². The molecule has 0 fully saturated rings. The molecule has 1 aromatic carbocycles. The third-order valence-corrected chi connectivity index (χ3v) is 3.73. The normalized spacial score (nSPS) is 15.9. The van der Waals surface area contributed by atoms with Crippen LogP contribution in [0.15, 0.2) is 0 Å². The van der Waals surface area contributed by atoms with Crippen molar-refractivity contribution in [3.05, 3.63) is 33.4 Å². The van der Waals surface area contributed by atoms with E-state index in [1.54, 1.807) is 0 Å². The Labute approximate surface area is 107 Å². The molecule has 1 aromatic rings. The van der Waals surface area contributed by atoms with Crippen molar-refractivity contribution in [3.8, 4) is 24.7 Å². The van der Waals surface area contributed by atoms with Crippen molar-refractivity contribution in [2.24, 2.45) is 0 Å². The summed E-state index contributed by atoms with van der Waals surface area (Å²) < 4.78 is 11.2. The van der Waals surface area contributed by atoms with E-state index in [0.29, 0.717) is 39.3 Å². The van der Waals surface area contributed by atoms with Crippen LogP contribution >= 0.6 is 0 Å². The zero-order valence-electron chi connectivity index (χ0n) is 10.2. The predicted octanol–water partition coefficient (Wildman–Crippen LogP) is 2.10. The first-order valence-corrected chi connectivity index (χ1v) is 6.06. The van der Waals surface area contributed by atoms with Crippen LogP contribution in [0.4, 0.5) is 0 Å². The Kier molecular flexibility index (Phi) is 2.84. The summed E-state index contributed by atoms with van der Waals surface area (Å²) in [6, 6.07) is 0. The highest BCUT2D eigenvalue weighted by atomic mass is 16.5. The molecular formula is C16H14O2. The zero-order chi connectivity index (χ0) is 12.5. The van der Waals surface area contributed by atoms with E-state index in [1.165, 1.54) is 33.4 Å². The van der Waals surface area contributed by atoms with E-state index in [0.717, 1.165) is 0 Å². The van der Waals surface area contributed by atoms with Gasteiger partial charge in [0.25, 0.3) is 0 Å². The predicted molar refractivity (Wildman–Crippen MR) is 68.5 cm³/mol. The van der Waals surface area contributed by atoms with Gasteiger partial charge in [0.15, 0.2) is 0 Å². The summed E-state index contributed by atoms with van der Waals surface area (Å²) in [5, 5.41) is 0. The Hall–Kier alpha value is -1.74. The minimum Gasteiger partial charge on any atom is -0.372 e. The number of rotatable bonds is 2. The molecule has 0 aliphatic carbocycles. The molecule has 0 atom stereocenters. The minimum atomic E-state index is 0.621. The largest absolute Gasteiger partial charge is 0.372 e. The van der Waals surface area contributed by atoms with Gasteiger partial charge in [-0.25, -0.2) is 0 Å². The standard InChI is InChI=1S/C16H14O2/c1-3-5-11-12(6-4-2)14-8-18-10-16(14)15-9-17-7-13(11)15/h1-2H,5-10H2. The molecule has 2 nitrogen and oxygen atoms in total. The lowest BCUT2D eigenvalue weighted by atomic mass is 9.86. The van der Waals surface area contributed by atoms with E-state index in [4.69, 9.17) is 22.3 Å². The van der Waals surface area contributed by atoms with E-state index in [2.05, 4.69) is 11.8 Å². The van der Waals surface area contributed by atoms with Crippen molar-refractivity contribution < 1.29 is 9.47 Å². The molecule has 2 heterocycles. The smallest absolute Gasteiger partial charge is 0.0728 e. The van der Waals surface area contributed by atoms with Crippen LogP contribution in [0.3, 0.4) is 0 Å². The molecule has 0 amide bonds. The molecule has 2 aliphatic rings. The lowest BCUT2D eigenvalue weighted by Gasteiger charge is -2.15. The van der Waals surface area contributed by atoms with Gasteiger partial charge in [-0.1, -0.05) is 0 Å². The SMILES string of the molecule is C#CCc1c(CC#C)c2c(c3c1COC3)COC2. The number of ether oxygens (including phenoxy) is 2. The highest BCUT2D eigenvalue weighted by Crippen LogP contribution is 2.37. The van der Waals surface area contributed by atoms with E-state index in [-0.39, 0.29) is 0 Å². The number of hydrogen-bond acceptors (Lipinski definition) is 2. The van der Waals surface area contributed by atoms with Gasteiger partial charge < -0.3 is 9.47 Å². The van der Waals surface area contributed by atoms with Crippen molar-refractivity contribution in [1.82, 2.24) is 0 Å². The first kappa shape index (κ1) is 11.4. The molecule has 0 aromatic heterocycles. The molecule has 0 bridgehead atoms. The van der Waals surface area contributed by atoms with Crippen LogP contribution in [0.2, 0.25) is 0 Å². The molecule has 2 heteroatoms. The molecule has 0 saturated heterocycles. The Bertz CT molecular complexity index is 532. The van der Waals surface area contributed by atoms with Gasteiger partial charge in [0.05, 0.1) is 26.4 Å². The van der Waals surface area contributed by atoms with Crippen molar-refractivity contribution in [1.29, 1.82) is 0 Å². The molecule has 0 unspecified atom stereocenters. The topological polar surface area (TPSA) is 18.5 Å². The van der Waals surface area contributed by atoms with Crippen LogP contribution in [0.25, 0.3) is 0 Å². The first-order valence-electron chi connectivity index (χ1n) is 6.06. The maximum absolute atomic E-state index is 5.58. The van der Waals surface area contributed by atoms with Crippen LogP contribution in [-0.4, -0.2) is 0 Å². The van der Waals surface area contributed by atoms with Crippen molar-refractivity contribution in [2.45, 2.75) is 39.3 Å². The van der Waals surface area contributed by atoms with Gasteiger partial charge in [0.2, 0.25) is 0 Å². The summed E-state index contributed by atoms with van der Waals surface area (Å²) in [6.07, 6.45) is 12.2. The van der Waals surface area contributed by atoms with E-state index in [9.17, 15) is 0 Å². The second-order valence-electron chi connectivity index (χ2n) is 4.62. The average Bonchev–Trinajstić information content (AvgIpc) is 3.00. The molecule has 90 valence electrons. The summed E-state index contributed by atoms with van der Waals surface area (Å²) in [7, 11) is 0. The minimum absolute atomic E-state index is 0.621. The van der Waals surface area contributed by atoms with Crippen molar-refractivity contribution in [2.75, 3.05) is 0 Å². The van der Waals surface area contributed by atoms with Crippen LogP contribution in [-0.2, 0) is 48.7 Å². The van der Waals surface area contributed by atoms with Crippen molar-refractivity contribution in [3.63, 3.8) is 0 Å². The fraction of sp³-hybridized carbons (Fsp3) is 0.375. The van der Waals surface area contributed by atoms with Gasteiger partial charge in [0, 0.05) is 12.8 Å². The van der Waals surface area contributed by atoms with Gasteiger partial charge in [-0.15, -0.1) is 24.7 Å². The van der Waals surface area contributed by atoms with Crippen molar-refractivity contribution >= 4 is 0 Å². The first-order chi connectivity index (χ1) is 8.86. The Balaban J connectivity index is 2.27. The molecule has 0 N–H and O–H groups in total. The number of hydrogen-bond donors (Lipinski definition) is 0. The average molecular weight is 238 g/mol. The van der Waals surface area contributed by atoms with Gasteiger partial charge in [-0.05, 0) is 33.4 Å². The zero-order valence-corrected chi connectivity index (χ0v) is 10.2. The quantitative estimate of drug-likeness (QED) is 0.735. The van der Waals surface area contributed by atoms with E-state index in [1.807, 2.05) is 0 Å². The molecule has 2 aliphatic heterocycles. The molecule has 18 heavy (non-hydrogen) atoms. The van der Waals surface area contributed by atoms with Gasteiger partial charge in [-0.3, -0.25) is 0 Å². The summed E-state index contributed by atoms with van der Waals surface area (Å²) in [5.41, 5.74) is 7.48. The fourth-order valence-corrected chi connectivity index (χ4v) is 2.93. The summed E-state index contributed by atoms with van der Waals surface area (Å²) in [4.78, 5) is 0. The highest BCUT2D eigenvalue weighted by Gasteiger charge is 2.28. The van der Waals surface area contributed by atoms with Gasteiger partial charge >= 0.3 is 0 Å². The van der Waals surface area contributed by atoms with Gasteiger partial charge in [0.1, 0.15) is 0 Å². The molecule has 3 rings (SSSR count). The molecule has 0 radical (unpaired) electrons. The third-order valence-electron chi connectivity index (χ3n) is 3.73. The Morgan fingerprint density at radius 1 is 0.722 bits per heavy atom. The molecule has 0 spiro atoms. The maximum Gasteiger partial charge on any atom is 0.0728 e. The Morgan fingerprint density at radius 3 is 1.50 bits per heavy atom. The third kappa shape index (κ3) is 1.55. The lowest BCUT2D eigenvalue weighted by molar-refractivity contribution is 0.126. The molecule has 0 saturated carbocycles. The maximum atomic E-state index is 5.58.